The molecule has 0 radical (unpaired) electrons. The first-order chi connectivity index (χ1) is 12.6. The third-order valence-corrected chi connectivity index (χ3v) is 5.73. The number of carbonyl (C=O) groups excluding carboxylic acids is 2. The third kappa shape index (κ3) is 4.14. The molecule has 1 aliphatic rings. The number of ether oxygens (including phenoxy) is 1. The Morgan fingerprint density at radius 2 is 2.00 bits per heavy atom. The molecule has 2 aromatic rings. The van der Waals surface area contributed by atoms with Crippen molar-refractivity contribution >= 4 is 28.2 Å². The minimum Gasteiger partial charge on any atom is -0.462 e. The number of amides is 1. The van der Waals surface area contributed by atoms with Crippen molar-refractivity contribution in [1.82, 2.24) is 5.32 Å². The van der Waals surface area contributed by atoms with E-state index in [2.05, 4.69) is 10.6 Å². The van der Waals surface area contributed by atoms with E-state index in [-0.39, 0.29) is 24.5 Å². The van der Waals surface area contributed by atoms with Crippen LogP contribution in [0.2, 0.25) is 0 Å². The Bertz CT molecular complexity index is 786. The maximum Gasteiger partial charge on any atom is 0.341 e. The monoisotopic (exact) mass is 372 g/mol. The lowest BCUT2D eigenvalue weighted by Gasteiger charge is -2.14. The molecule has 1 amide bonds. The van der Waals surface area contributed by atoms with Gasteiger partial charge in [-0.3, -0.25) is 4.79 Å². The molecule has 1 heterocycles. The van der Waals surface area contributed by atoms with Gasteiger partial charge in [0, 0.05) is 10.9 Å². The standard InChI is InChI=1S/C20H24N2O3S/c1-3-25-20(24)18-15-10-7-11-16(15)26-19(18)22-17(23)12-21-13(2)14-8-5-4-6-9-14/h4-6,8-9,13,21H,3,7,10-12H2,1-2H3,(H,22,23). The second-order valence-corrected chi connectivity index (χ2v) is 7.45. The van der Waals surface area contributed by atoms with E-state index in [0.717, 1.165) is 30.4 Å². The van der Waals surface area contributed by atoms with Crippen molar-refractivity contribution in [2.75, 3.05) is 18.5 Å². The van der Waals surface area contributed by atoms with Crippen LogP contribution in [0.15, 0.2) is 30.3 Å². The largest absolute Gasteiger partial charge is 0.462 e. The molecule has 0 fully saturated rings. The molecule has 3 rings (SSSR count). The van der Waals surface area contributed by atoms with Crippen LogP contribution in [0.3, 0.4) is 0 Å². The molecule has 0 saturated carbocycles. The number of hydrogen-bond acceptors (Lipinski definition) is 5. The van der Waals surface area contributed by atoms with E-state index in [0.29, 0.717) is 17.2 Å². The number of nitrogens with one attached hydrogen (secondary N) is 2. The van der Waals surface area contributed by atoms with Gasteiger partial charge in [-0.25, -0.2) is 4.79 Å². The Morgan fingerprint density at radius 1 is 1.23 bits per heavy atom. The number of carbonyl (C=O) groups is 2. The number of thiophene rings is 1. The van der Waals surface area contributed by atoms with Gasteiger partial charge in [-0.2, -0.15) is 0 Å². The van der Waals surface area contributed by atoms with Gasteiger partial charge in [-0.05, 0) is 44.2 Å². The molecule has 5 nitrogen and oxygen atoms in total. The number of esters is 1. The Kier molecular flexibility index (Phi) is 6.06. The van der Waals surface area contributed by atoms with Crippen molar-refractivity contribution in [3.63, 3.8) is 0 Å². The van der Waals surface area contributed by atoms with Gasteiger partial charge < -0.3 is 15.4 Å². The quantitative estimate of drug-likeness (QED) is 0.727. The van der Waals surface area contributed by atoms with Crippen LogP contribution in [-0.2, 0) is 22.4 Å². The smallest absolute Gasteiger partial charge is 0.341 e. The second-order valence-electron chi connectivity index (χ2n) is 6.34. The van der Waals surface area contributed by atoms with Gasteiger partial charge in [0.25, 0.3) is 0 Å². The molecule has 138 valence electrons. The fourth-order valence-electron chi connectivity index (χ4n) is 3.19. The van der Waals surface area contributed by atoms with Gasteiger partial charge in [-0.1, -0.05) is 30.3 Å². The number of fused-ring (bicyclic) bond motifs is 1. The first kappa shape index (κ1) is 18.6. The summed E-state index contributed by atoms with van der Waals surface area (Å²) < 4.78 is 5.19. The average molecular weight is 372 g/mol. The summed E-state index contributed by atoms with van der Waals surface area (Å²) in [6, 6.07) is 10.0. The maximum atomic E-state index is 12.4. The van der Waals surface area contributed by atoms with Crippen LogP contribution in [0, 0.1) is 0 Å². The summed E-state index contributed by atoms with van der Waals surface area (Å²) in [5.41, 5.74) is 2.73. The molecular weight excluding hydrogens is 348 g/mol. The molecule has 1 aromatic carbocycles. The minimum atomic E-state index is -0.340. The topological polar surface area (TPSA) is 67.4 Å². The third-order valence-electron chi connectivity index (χ3n) is 4.52. The van der Waals surface area contributed by atoms with Crippen LogP contribution in [-0.4, -0.2) is 25.0 Å². The molecule has 26 heavy (non-hydrogen) atoms. The lowest BCUT2D eigenvalue weighted by atomic mass is 10.1. The van der Waals surface area contributed by atoms with Crippen LogP contribution in [0.25, 0.3) is 0 Å². The highest BCUT2D eigenvalue weighted by Crippen LogP contribution is 2.39. The van der Waals surface area contributed by atoms with Gasteiger partial charge in [0.05, 0.1) is 18.7 Å². The van der Waals surface area contributed by atoms with Crippen molar-refractivity contribution in [3.05, 3.63) is 51.9 Å². The Hall–Kier alpha value is -2.18. The number of rotatable bonds is 7. The van der Waals surface area contributed by atoms with Gasteiger partial charge >= 0.3 is 5.97 Å². The van der Waals surface area contributed by atoms with Crippen LogP contribution in [0.5, 0.6) is 0 Å². The van der Waals surface area contributed by atoms with Gasteiger partial charge in [0.15, 0.2) is 0 Å². The zero-order valence-corrected chi connectivity index (χ0v) is 15.9. The second kappa shape index (κ2) is 8.47. The molecule has 6 heteroatoms. The Labute approximate surface area is 157 Å². The van der Waals surface area contributed by atoms with Crippen LogP contribution in [0.4, 0.5) is 5.00 Å². The molecule has 1 unspecified atom stereocenters. The normalized spacial score (nSPS) is 13.9. The van der Waals surface area contributed by atoms with Crippen molar-refractivity contribution in [2.45, 2.75) is 39.2 Å². The van der Waals surface area contributed by atoms with E-state index in [1.165, 1.54) is 16.2 Å². The number of benzene rings is 1. The maximum absolute atomic E-state index is 12.4. The highest BCUT2D eigenvalue weighted by atomic mass is 32.1. The molecule has 1 atom stereocenters. The minimum absolute atomic E-state index is 0.0693. The van der Waals surface area contributed by atoms with Gasteiger partial charge in [0.2, 0.25) is 5.91 Å². The van der Waals surface area contributed by atoms with E-state index in [9.17, 15) is 9.59 Å². The molecule has 0 bridgehead atoms. The van der Waals surface area contributed by atoms with E-state index in [1.807, 2.05) is 37.3 Å². The number of hydrogen-bond donors (Lipinski definition) is 2. The summed E-state index contributed by atoms with van der Waals surface area (Å²) in [7, 11) is 0. The first-order valence-electron chi connectivity index (χ1n) is 9.00. The lowest BCUT2D eigenvalue weighted by molar-refractivity contribution is -0.115. The van der Waals surface area contributed by atoms with Crippen LogP contribution >= 0.6 is 11.3 Å². The number of anilines is 1. The zero-order chi connectivity index (χ0) is 18.5. The van der Waals surface area contributed by atoms with E-state index in [1.54, 1.807) is 6.92 Å². The van der Waals surface area contributed by atoms with Crippen LogP contribution < -0.4 is 10.6 Å². The molecule has 1 aromatic heterocycles. The summed E-state index contributed by atoms with van der Waals surface area (Å²) in [6.45, 7) is 4.32. The molecule has 0 saturated heterocycles. The summed E-state index contributed by atoms with van der Waals surface area (Å²) in [5, 5.41) is 6.74. The molecule has 2 N–H and O–H groups in total. The van der Waals surface area contributed by atoms with Gasteiger partial charge in [-0.15, -0.1) is 11.3 Å². The lowest BCUT2D eigenvalue weighted by Crippen LogP contribution is -2.30. The summed E-state index contributed by atoms with van der Waals surface area (Å²) in [6.07, 6.45) is 2.89. The van der Waals surface area contributed by atoms with Crippen molar-refractivity contribution < 1.29 is 14.3 Å². The highest BCUT2D eigenvalue weighted by Gasteiger charge is 2.28. The summed E-state index contributed by atoms with van der Waals surface area (Å²) in [5.74, 6) is -0.494. The predicted molar refractivity (Wildman–Crippen MR) is 104 cm³/mol. The van der Waals surface area contributed by atoms with Crippen molar-refractivity contribution in [2.24, 2.45) is 0 Å². The SMILES string of the molecule is CCOC(=O)c1c(NC(=O)CNC(C)c2ccccc2)sc2c1CCC2. The van der Waals surface area contributed by atoms with E-state index < -0.39 is 0 Å². The average Bonchev–Trinajstić information content (AvgIpc) is 3.21. The predicted octanol–water partition coefficient (Wildman–Crippen LogP) is 3.70. The van der Waals surface area contributed by atoms with Crippen LogP contribution in [0.1, 0.15) is 52.7 Å². The van der Waals surface area contributed by atoms with E-state index in [4.69, 9.17) is 4.74 Å². The van der Waals surface area contributed by atoms with Crippen molar-refractivity contribution in [1.29, 1.82) is 0 Å². The summed E-state index contributed by atoms with van der Waals surface area (Å²) >= 11 is 1.50. The molecule has 0 aliphatic heterocycles. The van der Waals surface area contributed by atoms with E-state index >= 15 is 0 Å². The fraction of sp³-hybridized carbons (Fsp3) is 0.400. The fourth-order valence-corrected chi connectivity index (χ4v) is 4.48. The van der Waals surface area contributed by atoms with Gasteiger partial charge in [0.1, 0.15) is 5.00 Å². The Morgan fingerprint density at radius 3 is 2.73 bits per heavy atom. The Balaban J connectivity index is 1.65. The molecule has 0 spiro atoms. The summed E-state index contributed by atoms with van der Waals surface area (Å²) in [4.78, 5) is 25.9. The number of aryl methyl sites for hydroxylation is 1. The van der Waals surface area contributed by atoms with Crippen molar-refractivity contribution in [3.8, 4) is 0 Å². The zero-order valence-electron chi connectivity index (χ0n) is 15.1. The molecule has 1 aliphatic carbocycles. The first-order valence-corrected chi connectivity index (χ1v) is 9.81. The molecular formula is C20H24N2O3S. The highest BCUT2D eigenvalue weighted by molar-refractivity contribution is 7.17.